The van der Waals surface area contributed by atoms with Gasteiger partial charge in [0.05, 0.1) is 23.8 Å². The molecule has 2 saturated heterocycles. The lowest BCUT2D eigenvalue weighted by Gasteiger charge is -2.32. The molecule has 3 aromatic rings. The molecule has 2 aromatic heterocycles. The fourth-order valence-electron chi connectivity index (χ4n) is 4.59. The van der Waals surface area contributed by atoms with Gasteiger partial charge in [-0.3, -0.25) is 19.4 Å². The molecule has 0 spiro atoms. The molecular formula is C27H33N5O3S2. The number of amides is 2. The van der Waals surface area contributed by atoms with Crippen LogP contribution < -0.4 is 4.90 Å². The molecule has 0 bridgehead atoms. The maximum atomic E-state index is 13.3. The Labute approximate surface area is 226 Å². The summed E-state index contributed by atoms with van der Waals surface area (Å²) in [5.41, 5.74) is 2.45. The third-order valence-electron chi connectivity index (χ3n) is 6.88. The van der Waals surface area contributed by atoms with Crippen molar-refractivity contribution in [3.8, 4) is 11.3 Å². The average Bonchev–Trinajstić information content (AvgIpc) is 3.65. The van der Waals surface area contributed by atoms with E-state index in [9.17, 15) is 9.59 Å². The number of carbonyl (C=O) groups excluding carboxylic acids is 2. The molecule has 0 atom stereocenters. The van der Waals surface area contributed by atoms with Crippen LogP contribution in [0.15, 0.2) is 47.2 Å². The molecule has 1 aromatic carbocycles. The van der Waals surface area contributed by atoms with Crippen LogP contribution >= 0.6 is 22.7 Å². The molecule has 8 nitrogen and oxygen atoms in total. The molecular weight excluding hydrogens is 506 g/mol. The number of anilines is 1. The standard InChI is InChI=1S/C27H33N5O3S2/c1-29-11-13-31(14-12-29)25(33)22-7-5-21(6-8-22)23-20-37-27(28-23)32(26(34)24-4-2-19-36-24)10-3-9-30-15-17-35-18-16-30/h2,4-8,19-20H,3,9-18H2,1H3. The van der Waals surface area contributed by atoms with Gasteiger partial charge >= 0.3 is 0 Å². The molecule has 0 N–H and O–H groups in total. The molecule has 0 aliphatic carbocycles. The Balaban J connectivity index is 1.27. The van der Waals surface area contributed by atoms with Crippen LogP contribution in [0.2, 0.25) is 0 Å². The highest BCUT2D eigenvalue weighted by Crippen LogP contribution is 2.29. The van der Waals surface area contributed by atoms with Crippen molar-refractivity contribution in [3.63, 3.8) is 0 Å². The summed E-state index contributed by atoms with van der Waals surface area (Å²) in [6, 6.07) is 11.4. The summed E-state index contributed by atoms with van der Waals surface area (Å²) in [6.45, 7) is 8.27. The Bertz CT molecular complexity index is 1170. The second-order valence-electron chi connectivity index (χ2n) is 9.43. The summed E-state index contributed by atoms with van der Waals surface area (Å²) >= 11 is 2.94. The number of aromatic nitrogens is 1. The zero-order chi connectivity index (χ0) is 25.6. The number of benzene rings is 1. The Hall–Kier alpha value is -2.63. The van der Waals surface area contributed by atoms with Crippen LogP contribution in [0.1, 0.15) is 26.5 Å². The highest BCUT2D eigenvalue weighted by Gasteiger charge is 2.23. The molecule has 37 heavy (non-hydrogen) atoms. The lowest BCUT2D eigenvalue weighted by atomic mass is 10.1. The predicted octanol–water partition coefficient (Wildman–Crippen LogP) is 3.63. The fourth-order valence-corrected chi connectivity index (χ4v) is 6.12. The average molecular weight is 540 g/mol. The van der Waals surface area contributed by atoms with Crippen LogP contribution in [-0.2, 0) is 4.74 Å². The van der Waals surface area contributed by atoms with E-state index in [1.807, 2.05) is 57.0 Å². The van der Waals surface area contributed by atoms with Gasteiger partial charge in [-0.1, -0.05) is 18.2 Å². The maximum Gasteiger partial charge on any atom is 0.270 e. The molecule has 0 saturated carbocycles. The molecule has 10 heteroatoms. The number of carbonyl (C=O) groups is 2. The van der Waals surface area contributed by atoms with Gasteiger partial charge in [-0.2, -0.15) is 0 Å². The number of nitrogens with zero attached hydrogens (tertiary/aromatic N) is 5. The van der Waals surface area contributed by atoms with Gasteiger partial charge in [0.1, 0.15) is 0 Å². The minimum atomic E-state index is -0.00833. The number of hydrogen-bond acceptors (Lipinski definition) is 8. The van der Waals surface area contributed by atoms with Gasteiger partial charge in [-0.15, -0.1) is 22.7 Å². The van der Waals surface area contributed by atoms with Crippen LogP contribution in [0.3, 0.4) is 0 Å². The zero-order valence-corrected chi connectivity index (χ0v) is 22.8. The summed E-state index contributed by atoms with van der Waals surface area (Å²) in [5.74, 6) is 0.0672. The Kier molecular flexibility index (Phi) is 8.62. The van der Waals surface area contributed by atoms with Crippen molar-refractivity contribution in [3.05, 3.63) is 57.6 Å². The molecule has 2 amide bonds. The smallest absolute Gasteiger partial charge is 0.270 e. The predicted molar refractivity (Wildman–Crippen MR) is 149 cm³/mol. The SMILES string of the molecule is CN1CCN(C(=O)c2ccc(-c3csc(N(CCCN4CCOCC4)C(=O)c4cccs4)n3)cc2)CC1. The number of rotatable bonds is 8. The minimum Gasteiger partial charge on any atom is -0.379 e. The van der Waals surface area contributed by atoms with Crippen molar-refractivity contribution in [1.29, 1.82) is 0 Å². The molecule has 0 radical (unpaired) electrons. The molecule has 0 unspecified atom stereocenters. The number of piperazine rings is 1. The van der Waals surface area contributed by atoms with Crippen LogP contribution in [0.4, 0.5) is 5.13 Å². The number of hydrogen-bond donors (Lipinski definition) is 0. The van der Waals surface area contributed by atoms with Gasteiger partial charge in [0, 0.05) is 68.9 Å². The summed E-state index contributed by atoms with van der Waals surface area (Å²) < 4.78 is 5.45. The van der Waals surface area contributed by atoms with Crippen LogP contribution in [-0.4, -0.2) is 104 Å². The normalized spacial score (nSPS) is 17.2. The van der Waals surface area contributed by atoms with E-state index in [1.165, 1.54) is 22.7 Å². The Morgan fingerprint density at radius 1 is 1.00 bits per heavy atom. The number of thiazole rings is 1. The van der Waals surface area contributed by atoms with Crippen LogP contribution in [0.25, 0.3) is 11.3 Å². The van der Waals surface area contributed by atoms with Gasteiger partial charge in [0.25, 0.3) is 11.8 Å². The molecule has 2 aliphatic heterocycles. The fraction of sp³-hybridized carbons (Fsp3) is 0.444. The number of thiophene rings is 1. The van der Waals surface area contributed by atoms with Crippen molar-refractivity contribution in [2.75, 3.05) is 77.5 Å². The highest BCUT2D eigenvalue weighted by atomic mass is 32.1. The first-order chi connectivity index (χ1) is 18.1. The number of ether oxygens (including phenoxy) is 1. The first-order valence-electron chi connectivity index (χ1n) is 12.8. The summed E-state index contributed by atoms with van der Waals surface area (Å²) in [7, 11) is 2.08. The van der Waals surface area contributed by atoms with E-state index in [1.54, 1.807) is 0 Å². The molecule has 5 rings (SSSR count). The van der Waals surface area contributed by atoms with Gasteiger partial charge < -0.3 is 14.5 Å². The Morgan fingerprint density at radius 2 is 1.76 bits per heavy atom. The van der Waals surface area contributed by atoms with Crippen molar-refractivity contribution in [1.82, 2.24) is 19.7 Å². The highest BCUT2D eigenvalue weighted by molar-refractivity contribution is 7.14. The summed E-state index contributed by atoms with van der Waals surface area (Å²) in [4.78, 5) is 40.2. The summed E-state index contributed by atoms with van der Waals surface area (Å²) in [6.07, 6.45) is 0.870. The van der Waals surface area contributed by atoms with Gasteiger partial charge in [-0.25, -0.2) is 4.98 Å². The van der Waals surface area contributed by atoms with Gasteiger partial charge in [-0.05, 0) is 37.0 Å². The van der Waals surface area contributed by atoms with E-state index in [4.69, 9.17) is 9.72 Å². The third kappa shape index (κ3) is 6.45. The minimum absolute atomic E-state index is 0.00833. The van der Waals surface area contributed by atoms with Crippen LogP contribution in [0.5, 0.6) is 0 Å². The third-order valence-corrected chi connectivity index (χ3v) is 8.60. The Morgan fingerprint density at radius 3 is 2.46 bits per heavy atom. The van der Waals surface area contributed by atoms with E-state index >= 15 is 0 Å². The van der Waals surface area contributed by atoms with Gasteiger partial charge in [0.2, 0.25) is 0 Å². The monoisotopic (exact) mass is 539 g/mol. The van der Waals surface area contributed by atoms with Crippen molar-refractivity contribution < 1.29 is 14.3 Å². The van der Waals surface area contributed by atoms with E-state index in [-0.39, 0.29) is 11.8 Å². The van der Waals surface area contributed by atoms with Crippen molar-refractivity contribution >= 4 is 39.6 Å². The number of morpholine rings is 1. The van der Waals surface area contributed by atoms with Crippen LogP contribution in [0, 0.1) is 0 Å². The quantitative estimate of drug-likeness (QED) is 0.436. The molecule has 4 heterocycles. The first kappa shape index (κ1) is 26.0. The largest absolute Gasteiger partial charge is 0.379 e. The first-order valence-corrected chi connectivity index (χ1v) is 14.5. The summed E-state index contributed by atoms with van der Waals surface area (Å²) in [5, 5.41) is 4.62. The zero-order valence-electron chi connectivity index (χ0n) is 21.2. The second kappa shape index (κ2) is 12.3. The van der Waals surface area contributed by atoms with E-state index in [0.717, 1.165) is 81.6 Å². The second-order valence-corrected chi connectivity index (χ2v) is 11.2. The lowest BCUT2D eigenvalue weighted by Crippen LogP contribution is -2.47. The van der Waals surface area contributed by atoms with Crippen molar-refractivity contribution in [2.24, 2.45) is 0 Å². The lowest BCUT2D eigenvalue weighted by molar-refractivity contribution is 0.0376. The molecule has 196 valence electrons. The molecule has 2 aliphatic rings. The van der Waals surface area contributed by atoms with E-state index in [0.29, 0.717) is 17.2 Å². The maximum absolute atomic E-state index is 13.3. The van der Waals surface area contributed by atoms with E-state index in [2.05, 4.69) is 16.8 Å². The van der Waals surface area contributed by atoms with E-state index < -0.39 is 0 Å². The van der Waals surface area contributed by atoms with Crippen molar-refractivity contribution in [2.45, 2.75) is 6.42 Å². The topological polar surface area (TPSA) is 69.2 Å². The van der Waals surface area contributed by atoms with Gasteiger partial charge in [0.15, 0.2) is 5.13 Å². The number of likely N-dealkylation sites (N-methyl/N-ethyl adjacent to an activating group) is 1. The molecule has 2 fully saturated rings.